The quantitative estimate of drug-likeness (QED) is 0.175. The number of methoxy groups -OCH3 is 1. The van der Waals surface area contributed by atoms with Crippen LogP contribution in [0.5, 0.6) is 11.5 Å². The average molecular weight is 555 g/mol. The summed E-state index contributed by atoms with van der Waals surface area (Å²) in [5.74, 6) is -0.242. The van der Waals surface area contributed by atoms with Crippen molar-refractivity contribution >= 4 is 44.1 Å². The lowest BCUT2D eigenvalue weighted by Crippen LogP contribution is -2.29. The van der Waals surface area contributed by atoms with Crippen LogP contribution in [0.15, 0.2) is 66.2 Å². The minimum atomic E-state index is -0.847. The second kappa shape index (κ2) is 9.48. The molecular weight excluding hydrogens is 524 g/mol. The van der Waals surface area contributed by atoms with Gasteiger partial charge in [-0.1, -0.05) is 56.4 Å². The molecule has 1 aromatic heterocycles. The number of anilines is 1. The summed E-state index contributed by atoms with van der Waals surface area (Å²) in [7, 11) is 1.59. The smallest absolute Gasteiger partial charge is 0.301 e. The molecule has 2 aliphatic rings. The van der Waals surface area contributed by atoms with E-state index in [2.05, 4.69) is 20.8 Å². The number of aromatic nitrogens is 1. The number of carbonyl (C=O) groups excluding carboxylic acids is 2. The lowest BCUT2D eigenvalue weighted by molar-refractivity contribution is -0.132. The Morgan fingerprint density at radius 3 is 2.52 bits per heavy atom. The molecule has 1 N–H and O–H groups in total. The Morgan fingerprint density at radius 2 is 1.82 bits per heavy atom. The van der Waals surface area contributed by atoms with E-state index in [4.69, 9.17) is 14.5 Å². The molecule has 0 saturated carbocycles. The molecule has 0 spiro atoms. The van der Waals surface area contributed by atoms with E-state index in [1.165, 1.54) is 16.2 Å². The number of amides is 1. The zero-order valence-electron chi connectivity index (χ0n) is 23.0. The minimum Gasteiger partial charge on any atom is -0.507 e. The molecule has 2 atom stereocenters. The van der Waals surface area contributed by atoms with Gasteiger partial charge in [0.1, 0.15) is 23.4 Å². The van der Waals surface area contributed by atoms with E-state index in [-0.39, 0.29) is 22.9 Å². The number of benzene rings is 3. The monoisotopic (exact) mass is 554 g/mol. The number of rotatable bonds is 4. The van der Waals surface area contributed by atoms with Crippen LogP contribution in [-0.4, -0.2) is 35.0 Å². The van der Waals surface area contributed by atoms with Crippen LogP contribution in [0.1, 0.15) is 56.0 Å². The summed E-state index contributed by atoms with van der Waals surface area (Å²) in [6.45, 7) is 8.37. The number of thiazole rings is 1. The Morgan fingerprint density at radius 1 is 1.07 bits per heavy atom. The number of ketones is 1. The van der Waals surface area contributed by atoms with E-state index in [0.29, 0.717) is 33.9 Å². The second-order valence-corrected chi connectivity index (χ2v) is 12.3. The van der Waals surface area contributed by atoms with Gasteiger partial charge in [-0.15, -0.1) is 0 Å². The first-order valence-electron chi connectivity index (χ1n) is 13.2. The van der Waals surface area contributed by atoms with Crippen LogP contribution in [0.2, 0.25) is 0 Å². The zero-order valence-corrected chi connectivity index (χ0v) is 23.8. The van der Waals surface area contributed by atoms with E-state index in [1.54, 1.807) is 25.3 Å². The Bertz CT molecular complexity index is 1700. The molecule has 3 heterocycles. The summed E-state index contributed by atoms with van der Waals surface area (Å²) in [5, 5.41) is 12.0. The molecule has 6 rings (SSSR count). The molecule has 0 aliphatic carbocycles. The maximum atomic E-state index is 13.6. The van der Waals surface area contributed by atoms with Gasteiger partial charge in [0.25, 0.3) is 5.78 Å². The van der Waals surface area contributed by atoms with Crippen LogP contribution in [0.4, 0.5) is 5.13 Å². The molecule has 1 saturated heterocycles. The predicted molar refractivity (Wildman–Crippen MR) is 156 cm³/mol. The third-order valence-electron chi connectivity index (χ3n) is 7.50. The van der Waals surface area contributed by atoms with E-state index < -0.39 is 17.7 Å². The van der Waals surface area contributed by atoms with Gasteiger partial charge in [-0.2, -0.15) is 0 Å². The Balaban J connectivity index is 1.52. The normalized spacial score (nSPS) is 20.2. The van der Waals surface area contributed by atoms with Gasteiger partial charge in [-0.05, 0) is 65.4 Å². The van der Waals surface area contributed by atoms with Gasteiger partial charge >= 0.3 is 5.91 Å². The molecule has 40 heavy (non-hydrogen) atoms. The van der Waals surface area contributed by atoms with Crippen molar-refractivity contribution in [2.24, 2.45) is 0 Å². The highest BCUT2D eigenvalue weighted by molar-refractivity contribution is 7.22. The molecule has 0 unspecified atom stereocenters. The number of nitrogens with zero attached hydrogens (tertiary/aromatic N) is 2. The number of Topliss-reactive ketones (excluding diaryl/α,β-unsaturated/α-hetero) is 1. The molecule has 1 fully saturated rings. The number of ether oxygens (including phenoxy) is 2. The van der Waals surface area contributed by atoms with E-state index in [0.717, 1.165) is 21.6 Å². The molecule has 2 aliphatic heterocycles. The van der Waals surface area contributed by atoms with Crippen LogP contribution < -0.4 is 14.4 Å². The first kappa shape index (κ1) is 26.1. The van der Waals surface area contributed by atoms with Crippen LogP contribution in [0.25, 0.3) is 16.0 Å². The number of carbonyl (C=O) groups is 2. The number of aliphatic hydroxyl groups excluding tert-OH is 1. The SMILES string of the molecule is COc1ccc2nc(N3C(=O)C(=O)C(=C(O)c4ccc5c(c4)C[C@@H](C)O5)[C@@H]3c3ccc(C(C)(C)C)cc3)sc2c1. The van der Waals surface area contributed by atoms with Gasteiger partial charge in [-0.25, -0.2) is 4.98 Å². The highest BCUT2D eigenvalue weighted by atomic mass is 32.1. The summed E-state index contributed by atoms with van der Waals surface area (Å²) < 4.78 is 12.0. The number of hydrogen-bond donors (Lipinski definition) is 1. The number of fused-ring (bicyclic) bond motifs is 2. The topological polar surface area (TPSA) is 89.0 Å². The average Bonchev–Trinajstić information content (AvgIpc) is 3.59. The van der Waals surface area contributed by atoms with Gasteiger partial charge in [0, 0.05) is 12.0 Å². The molecule has 1 amide bonds. The fraction of sp³-hybridized carbons (Fsp3) is 0.281. The number of hydrogen-bond acceptors (Lipinski definition) is 7. The molecule has 204 valence electrons. The van der Waals surface area contributed by atoms with Gasteiger partial charge in [0.2, 0.25) is 0 Å². The van der Waals surface area contributed by atoms with Crippen LogP contribution in [-0.2, 0) is 21.4 Å². The zero-order chi connectivity index (χ0) is 28.3. The molecule has 0 radical (unpaired) electrons. The predicted octanol–water partition coefficient (Wildman–Crippen LogP) is 6.55. The van der Waals surface area contributed by atoms with Gasteiger partial charge in [0.15, 0.2) is 5.13 Å². The first-order valence-corrected chi connectivity index (χ1v) is 14.0. The Hall–Kier alpha value is -4.17. The highest BCUT2D eigenvalue weighted by Crippen LogP contribution is 2.45. The molecule has 0 bridgehead atoms. The lowest BCUT2D eigenvalue weighted by atomic mass is 9.85. The van der Waals surface area contributed by atoms with Crippen molar-refractivity contribution in [3.05, 3.63) is 88.5 Å². The van der Waals surface area contributed by atoms with Crippen molar-refractivity contribution in [2.75, 3.05) is 12.0 Å². The molecule has 3 aromatic carbocycles. The summed E-state index contributed by atoms with van der Waals surface area (Å²) >= 11 is 1.30. The summed E-state index contributed by atoms with van der Waals surface area (Å²) in [6.07, 6.45) is 0.745. The van der Waals surface area contributed by atoms with Crippen molar-refractivity contribution in [1.82, 2.24) is 4.98 Å². The molecular formula is C32H30N2O5S. The highest BCUT2D eigenvalue weighted by Gasteiger charge is 2.48. The van der Waals surface area contributed by atoms with Crippen molar-refractivity contribution in [2.45, 2.75) is 51.7 Å². The van der Waals surface area contributed by atoms with Crippen molar-refractivity contribution in [3.8, 4) is 11.5 Å². The van der Waals surface area contributed by atoms with Crippen LogP contribution in [0.3, 0.4) is 0 Å². The van der Waals surface area contributed by atoms with Crippen molar-refractivity contribution in [1.29, 1.82) is 0 Å². The van der Waals surface area contributed by atoms with E-state index >= 15 is 0 Å². The summed E-state index contributed by atoms with van der Waals surface area (Å²) in [4.78, 5) is 33.4. The van der Waals surface area contributed by atoms with E-state index in [1.807, 2.05) is 49.4 Å². The van der Waals surface area contributed by atoms with Crippen LogP contribution in [0, 0.1) is 0 Å². The Labute approximate surface area is 236 Å². The second-order valence-electron chi connectivity index (χ2n) is 11.3. The van der Waals surface area contributed by atoms with Crippen molar-refractivity contribution in [3.63, 3.8) is 0 Å². The van der Waals surface area contributed by atoms with Crippen molar-refractivity contribution < 1.29 is 24.2 Å². The van der Waals surface area contributed by atoms with Gasteiger partial charge in [0.05, 0.1) is 28.9 Å². The van der Waals surface area contributed by atoms with Crippen LogP contribution >= 0.6 is 11.3 Å². The maximum absolute atomic E-state index is 13.6. The maximum Gasteiger partial charge on any atom is 0.301 e. The molecule has 4 aromatic rings. The lowest BCUT2D eigenvalue weighted by Gasteiger charge is -2.24. The molecule has 8 heteroatoms. The Kier molecular flexibility index (Phi) is 6.18. The fourth-order valence-corrected chi connectivity index (χ4v) is 6.38. The minimum absolute atomic E-state index is 0.0389. The largest absolute Gasteiger partial charge is 0.507 e. The van der Waals surface area contributed by atoms with Gasteiger partial charge in [-0.3, -0.25) is 14.5 Å². The summed E-state index contributed by atoms with van der Waals surface area (Å²) in [6, 6.07) is 17.9. The third-order valence-corrected chi connectivity index (χ3v) is 8.51. The van der Waals surface area contributed by atoms with Gasteiger partial charge < -0.3 is 14.6 Å². The standard InChI is InChI=1S/C32H30N2O5S/c1-17-14-20-15-19(8-13-24(20)39-17)28(35)26-27(18-6-9-21(10-7-18)32(2,3)4)34(30(37)29(26)36)31-33-23-12-11-22(38-5)16-25(23)40-31/h6-13,15-17,27,35H,14H2,1-5H3/t17-,27+/m1/s1. The summed E-state index contributed by atoms with van der Waals surface area (Å²) in [5.41, 5.74) is 3.92. The molecule has 7 nitrogen and oxygen atoms in total. The first-order chi connectivity index (χ1) is 19.0. The van der Waals surface area contributed by atoms with E-state index in [9.17, 15) is 14.7 Å². The third kappa shape index (κ3) is 4.32. The number of aliphatic hydroxyl groups is 1. The fourth-order valence-electron chi connectivity index (χ4n) is 5.36.